The quantitative estimate of drug-likeness (QED) is 0.584. The molecule has 1 fully saturated rings. The van der Waals surface area contributed by atoms with Gasteiger partial charge in [-0.25, -0.2) is 4.98 Å². The molecule has 1 aliphatic rings. The fourth-order valence-corrected chi connectivity index (χ4v) is 3.95. The molecular formula is C19H26N6O3S. The van der Waals surface area contributed by atoms with E-state index in [-0.39, 0.29) is 30.1 Å². The van der Waals surface area contributed by atoms with Crippen LogP contribution in [0.5, 0.6) is 5.75 Å². The summed E-state index contributed by atoms with van der Waals surface area (Å²) in [4.78, 5) is 20.3. The van der Waals surface area contributed by atoms with E-state index >= 15 is 0 Å². The number of hydrogen-bond donors (Lipinski definition) is 2. The molecule has 1 aliphatic heterocycles. The average Bonchev–Trinajstić information content (AvgIpc) is 2.93. The molecule has 0 aliphatic carbocycles. The number of aromatic nitrogens is 1. The number of ether oxygens (including phenoxy) is 1. The monoisotopic (exact) mass is 418 g/mol. The van der Waals surface area contributed by atoms with Crippen molar-refractivity contribution in [2.75, 3.05) is 50.8 Å². The van der Waals surface area contributed by atoms with Crippen LogP contribution in [0.15, 0.2) is 5.03 Å². The molecule has 0 aromatic carbocycles. The second-order valence-electron chi connectivity index (χ2n) is 6.54. The Morgan fingerprint density at radius 1 is 1.31 bits per heavy atom. The lowest BCUT2D eigenvalue weighted by atomic mass is 10.1. The van der Waals surface area contributed by atoms with E-state index in [4.69, 9.17) is 10.5 Å². The Kier molecular flexibility index (Phi) is 8.52. The van der Waals surface area contributed by atoms with Gasteiger partial charge in [-0.2, -0.15) is 10.5 Å². The number of pyridine rings is 1. The largest absolute Gasteiger partial charge is 0.491 e. The summed E-state index contributed by atoms with van der Waals surface area (Å²) in [7, 11) is 0. The number of β-amino-alcohol motifs (C(OH)–C–C–N with tert-alkyl or cyclic N) is 1. The molecule has 0 spiro atoms. The summed E-state index contributed by atoms with van der Waals surface area (Å²) in [6.07, 6.45) is 0.844. The minimum atomic E-state index is -0.589. The van der Waals surface area contributed by atoms with Crippen LogP contribution in [0, 0.1) is 22.7 Å². The molecule has 29 heavy (non-hydrogen) atoms. The lowest BCUT2D eigenvalue weighted by molar-refractivity contribution is -0.117. The zero-order chi connectivity index (χ0) is 21.4. The Hall–Kier alpha value is -2.53. The first-order valence-electron chi connectivity index (χ1n) is 9.51. The SMILES string of the molecule is CCOc1c(C#N)c(SC(C)C(N)=O)nc(N2CCCN(CCO)CC2)c1C#N. The van der Waals surface area contributed by atoms with Gasteiger partial charge in [0.15, 0.2) is 11.6 Å². The van der Waals surface area contributed by atoms with Gasteiger partial charge in [0, 0.05) is 26.2 Å². The number of nitriles is 2. The third-order valence-corrected chi connectivity index (χ3v) is 5.71. The molecule has 0 radical (unpaired) electrons. The minimum Gasteiger partial charge on any atom is -0.491 e. The molecule has 10 heteroatoms. The average molecular weight is 419 g/mol. The molecular weight excluding hydrogens is 392 g/mol. The van der Waals surface area contributed by atoms with Crippen molar-refractivity contribution in [1.82, 2.24) is 9.88 Å². The number of rotatable bonds is 8. The van der Waals surface area contributed by atoms with Gasteiger partial charge in [-0.1, -0.05) is 11.8 Å². The Morgan fingerprint density at radius 3 is 2.62 bits per heavy atom. The number of aliphatic hydroxyl groups excluding tert-OH is 1. The third-order valence-electron chi connectivity index (χ3n) is 4.60. The summed E-state index contributed by atoms with van der Waals surface area (Å²) in [5, 5.41) is 28.4. The topological polar surface area (TPSA) is 139 Å². The number of nitrogens with two attached hydrogens (primary N) is 1. The van der Waals surface area contributed by atoms with Crippen LogP contribution in [-0.2, 0) is 4.79 Å². The van der Waals surface area contributed by atoms with Gasteiger partial charge in [0.1, 0.15) is 28.3 Å². The maximum atomic E-state index is 11.5. The Morgan fingerprint density at radius 2 is 2.03 bits per heavy atom. The first kappa shape index (κ1) is 22.8. The smallest absolute Gasteiger partial charge is 0.230 e. The Balaban J connectivity index is 2.52. The highest BCUT2D eigenvalue weighted by Gasteiger charge is 2.27. The number of primary amides is 1. The summed E-state index contributed by atoms with van der Waals surface area (Å²) in [6, 6.07) is 4.21. The lowest BCUT2D eigenvalue weighted by Crippen LogP contribution is -2.33. The molecule has 1 aromatic heterocycles. The molecule has 0 bridgehead atoms. The van der Waals surface area contributed by atoms with Gasteiger partial charge in [-0.15, -0.1) is 0 Å². The van der Waals surface area contributed by atoms with Gasteiger partial charge >= 0.3 is 0 Å². The number of nitrogens with zero attached hydrogens (tertiary/aromatic N) is 5. The first-order valence-corrected chi connectivity index (χ1v) is 10.4. The van der Waals surface area contributed by atoms with Crippen LogP contribution in [0.2, 0.25) is 0 Å². The number of aliphatic hydroxyl groups is 1. The molecule has 2 rings (SSSR count). The van der Waals surface area contributed by atoms with E-state index in [1.807, 2.05) is 4.90 Å². The number of anilines is 1. The molecule has 2 heterocycles. The van der Waals surface area contributed by atoms with E-state index in [1.165, 1.54) is 0 Å². The molecule has 1 saturated heterocycles. The number of carbonyl (C=O) groups is 1. The number of hydrogen-bond acceptors (Lipinski definition) is 9. The van der Waals surface area contributed by atoms with Gasteiger partial charge in [-0.3, -0.25) is 9.69 Å². The number of thioether (sulfide) groups is 1. The van der Waals surface area contributed by atoms with E-state index in [0.717, 1.165) is 31.3 Å². The fraction of sp³-hybridized carbons (Fsp3) is 0.579. The zero-order valence-electron chi connectivity index (χ0n) is 16.7. The van der Waals surface area contributed by atoms with Gasteiger partial charge in [0.2, 0.25) is 5.91 Å². The van der Waals surface area contributed by atoms with Crippen LogP contribution in [0.1, 0.15) is 31.4 Å². The summed E-state index contributed by atoms with van der Waals surface area (Å²) in [5.74, 6) is 0.122. The third kappa shape index (κ3) is 5.51. The summed E-state index contributed by atoms with van der Waals surface area (Å²) in [6.45, 7) is 7.26. The maximum absolute atomic E-state index is 11.5. The van der Waals surface area contributed by atoms with E-state index in [2.05, 4.69) is 22.0 Å². The van der Waals surface area contributed by atoms with Gasteiger partial charge in [0.25, 0.3) is 0 Å². The highest BCUT2D eigenvalue weighted by molar-refractivity contribution is 8.00. The van der Waals surface area contributed by atoms with E-state index in [0.29, 0.717) is 30.5 Å². The molecule has 1 amide bonds. The lowest BCUT2D eigenvalue weighted by Gasteiger charge is -2.25. The molecule has 156 valence electrons. The van der Waals surface area contributed by atoms with Gasteiger partial charge in [0.05, 0.1) is 18.5 Å². The molecule has 1 unspecified atom stereocenters. The molecule has 0 saturated carbocycles. The van der Waals surface area contributed by atoms with Crippen LogP contribution in [0.3, 0.4) is 0 Å². The molecule has 9 nitrogen and oxygen atoms in total. The predicted molar refractivity (Wildman–Crippen MR) is 110 cm³/mol. The van der Waals surface area contributed by atoms with Crippen molar-refractivity contribution in [3.8, 4) is 17.9 Å². The summed E-state index contributed by atoms with van der Waals surface area (Å²) < 4.78 is 5.67. The first-order chi connectivity index (χ1) is 14.0. The summed E-state index contributed by atoms with van der Waals surface area (Å²) in [5.41, 5.74) is 5.74. The van der Waals surface area contributed by atoms with Gasteiger partial charge in [-0.05, 0) is 26.8 Å². The van der Waals surface area contributed by atoms with Crippen molar-refractivity contribution < 1.29 is 14.6 Å². The number of amides is 1. The minimum absolute atomic E-state index is 0.0961. The van der Waals surface area contributed by atoms with Crippen LogP contribution in [0.4, 0.5) is 5.82 Å². The highest BCUT2D eigenvalue weighted by atomic mass is 32.2. The second kappa shape index (κ2) is 10.9. The van der Waals surface area contributed by atoms with Crippen LogP contribution < -0.4 is 15.4 Å². The molecule has 3 N–H and O–H groups in total. The molecule has 1 atom stereocenters. The van der Waals surface area contributed by atoms with Crippen molar-refractivity contribution in [3.05, 3.63) is 11.1 Å². The highest BCUT2D eigenvalue weighted by Crippen LogP contribution is 2.38. The van der Waals surface area contributed by atoms with Crippen LogP contribution in [0.25, 0.3) is 0 Å². The zero-order valence-corrected chi connectivity index (χ0v) is 17.5. The van der Waals surface area contributed by atoms with Crippen molar-refractivity contribution in [2.24, 2.45) is 5.73 Å². The van der Waals surface area contributed by atoms with E-state index in [9.17, 15) is 20.4 Å². The van der Waals surface area contributed by atoms with E-state index < -0.39 is 11.2 Å². The summed E-state index contributed by atoms with van der Waals surface area (Å²) >= 11 is 1.09. The Bertz CT molecular complexity index is 820. The van der Waals surface area contributed by atoms with Crippen molar-refractivity contribution in [1.29, 1.82) is 10.5 Å². The van der Waals surface area contributed by atoms with Crippen molar-refractivity contribution >= 4 is 23.5 Å². The normalized spacial score (nSPS) is 15.8. The predicted octanol–water partition coefficient (Wildman–Crippen LogP) is 0.694. The van der Waals surface area contributed by atoms with Crippen LogP contribution >= 0.6 is 11.8 Å². The Labute approximate surface area is 175 Å². The van der Waals surface area contributed by atoms with Crippen molar-refractivity contribution in [2.45, 2.75) is 30.5 Å². The fourth-order valence-electron chi connectivity index (χ4n) is 3.11. The standard InChI is InChI=1S/C19H26N6O3S/c1-3-28-16-14(11-20)18(25-6-4-5-24(7-8-25)9-10-26)23-19(15(16)12-21)29-13(2)17(22)27/h13,26H,3-10H2,1-2H3,(H2,22,27). The number of carbonyl (C=O) groups excluding carboxylic acids is 1. The second-order valence-corrected chi connectivity index (χ2v) is 7.87. The van der Waals surface area contributed by atoms with Crippen LogP contribution in [-0.4, -0.2) is 72.1 Å². The van der Waals surface area contributed by atoms with E-state index in [1.54, 1.807) is 13.8 Å². The molecule has 1 aromatic rings. The maximum Gasteiger partial charge on any atom is 0.230 e. The van der Waals surface area contributed by atoms with Crippen molar-refractivity contribution in [3.63, 3.8) is 0 Å². The van der Waals surface area contributed by atoms with Gasteiger partial charge < -0.3 is 20.5 Å².